The van der Waals surface area contributed by atoms with Gasteiger partial charge in [0.05, 0.1) is 12.0 Å². The van der Waals surface area contributed by atoms with Gasteiger partial charge in [0.1, 0.15) is 22.8 Å². The number of aliphatic carboxylic acids is 1. The predicted molar refractivity (Wildman–Crippen MR) is 202 cm³/mol. The molecular formula is C39H61N5O6S. The molecule has 1 fully saturated rings. The Labute approximate surface area is 308 Å². The highest BCUT2D eigenvalue weighted by Crippen LogP contribution is 2.31. The molecule has 3 N–H and O–H groups in total. The highest BCUT2D eigenvalue weighted by atomic mass is 32.1. The van der Waals surface area contributed by atoms with Crippen LogP contribution in [0.2, 0.25) is 0 Å². The van der Waals surface area contributed by atoms with Crippen molar-refractivity contribution in [3.05, 3.63) is 52.0 Å². The number of amides is 3. The largest absolute Gasteiger partial charge is 0.481 e. The van der Waals surface area contributed by atoms with Gasteiger partial charge in [-0.05, 0) is 63.1 Å². The maximum atomic E-state index is 14.2. The summed E-state index contributed by atoms with van der Waals surface area (Å²) in [7, 11) is 3.78. The summed E-state index contributed by atoms with van der Waals surface area (Å²) in [5, 5.41) is 18.1. The third-order valence-electron chi connectivity index (χ3n) is 10.2. The van der Waals surface area contributed by atoms with Gasteiger partial charge in [-0.25, -0.2) is 4.98 Å². The molecule has 0 bridgehead atoms. The number of rotatable bonds is 20. The molecule has 12 heteroatoms. The quantitative estimate of drug-likeness (QED) is 0.152. The van der Waals surface area contributed by atoms with Crippen molar-refractivity contribution in [1.29, 1.82) is 0 Å². The number of carbonyl (C=O) groups excluding carboxylic acids is 3. The second-order valence-corrected chi connectivity index (χ2v) is 15.5. The Hall–Kier alpha value is -3.35. The Morgan fingerprint density at radius 3 is 2.37 bits per heavy atom. The lowest BCUT2D eigenvalue weighted by Crippen LogP contribution is -2.58. The van der Waals surface area contributed by atoms with Gasteiger partial charge in [-0.1, -0.05) is 84.7 Å². The lowest BCUT2D eigenvalue weighted by Gasteiger charge is -2.38. The molecule has 1 aromatic carbocycles. The Morgan fingerprint density at radius 2 is 1.76 bits per heavy atom. The number of benzene rings is 1. The first kappa shape index (κ1) is 42.1. The lowest BCUT2D eigenvalue weighted by molar-refractivity contribution is -0.141. The van der Waals surface area contributed by atoms with Gasteiger partial charge in [-0.15, -0.1) is 11.3 Å². The van der Waals surface area contributed by atoms with Gasteiger partial charge < -0.3 is 25.4 Å². The summed E-state index contributed by atoms with van der Waals surface area (Å²) in [5.74, 6) is -2.11. The number of hydrogen-bond donors (Lipinski definition) is 3. The van der Waals surface area contributed by atoms with Crippen molar-refractivity contribution in [3.8, 4) is 0 Å². The summed E-state index contributed by atoms with van der Waals surface area (Å²) in [5.41, 5.74) is 1.25. The highest BCUT2D eigenvalue weighted by molar-refractivity contribution is 7.09. The summed E-state index contributed by atoms with van der Waals surface area (Å²) in [6, 6.07) is 8.17. The zero-order chi connectivity index (χ0) is 37.7. The molecule has 3 rings (SSSR count). The topological polar surface area (TPSA) is 141 Å². The second-order valence-electron chi connectivity index (χ2n) is 14.6. The van der Waals surface area contributed by atoms with E-state index >= 15 is 0 Å². The molecule has 284 valence electrons. The average molecular weight is 728 g/mol. The van der Waals surface area contributed by atoms with Crippen LogP contribution in [0.4, 0.5) is 0 Å². The van der Waals surface area contributed by atoms with Crippen LogP contribution in [0.3, 0.4) is 0 Å². The molecule has 1 saturated heterocycles. The molecule has 0 saturated carbocycles. The van der Waals surface area contributed by atoms with Crippen LogP contribution in [0.5, 0.6) is 0 Å². The monoisotopic (exact) mass is 727 g/mol. The molecular weight excluding hydrogens is 667 g/mol. The molecule has 2 aromatic rings. The van der Waals surface area contributed by atoms with Crippen molar-refractivity contribution in [1.82, 2.24) is 25.4 Å². The fourth-order valence-corrected chi connectivity index (χ4v) is 7.60. The minimum Gasteiger partial charge on any atom is -0.481 e. The van der Waals surface area contributed by atoms with Gasteiger partial charge >= 0.3 is 5.97 Å². The zero-order valence-electron chi connectivity index (χ0n) is 31.9. The van der Waals surface area contributed by atoms with E-state index in [2.05, 4.69) is 29.4 Å². The zero-order valence-corrected chi connectivity index (χ0v) is 32.7. The molecule has 11 nitrogen and oxygen atoms in total. The van der Waals surface area contributed by atoms with Crippen molar-refractivity contribution in [2.24, 2.45) is 17.8 Å². The number of piperidine rings is 1. The summed E-state index contributed by atoms with van der Waals surface area (Å²) in [6.45, 7) is 13.2. The van der Waals surface area contributed by atoms with Crippen LogP contribution in [-0.2, 0) is 25.5 Å². The molecule has 0 aliphatic carbocycles. The fourth-order valence-electron chi connectivity index (χ4n) is 6.74. The van der Waals surface area contributed by atoms with Crippen molar-refractivity contribution in [2.75, 3.05) is 27.2 Å². The molecule has 2 heterocycles. The third kappa shape index (κ3) is 12.4. The summed E-state index contributed by atoms with van der Waals surface area (Å²) in [6.07, 6.45) is 5.16. The molecule has 0 radical (unpaired) electrons. The van der Waals surface area contributed by atoms with Crippen LogP contribution in [0.1, 0.15) is 114 Å². The SMILES string of the molecule is CCCO[C@H](C[C@H](C(C)C)N(C)C(=O)[C@@H](NC(=O)[C@H]1CCCCN1C)[C@@H](C)CC)c1nc(C(=O)NC(Cc2ccccc2)CC(C)C(=O)O)cs1. The average Bonchev–Trinajstić information content (AvgIpc) is 3.60. The smallest absolute Gasteiger partial charge is 0.306 e. The fraction of sp³-hybridized carbons (Fsp3) is 0.667. The third-order valence-corrected chi connectivity index (χ3v) is 11.1. The van der Waals surface area contributed by atoms with Crippen LogP contribution in [0.25, 0.3) is 0 Å². The minimum atomic E-state index is -0.910. The number of aromatic nitrogens is 1. The van der Waals surface area contributed by atoms with Crippen molar-refractivity contribution >= 4 is 35.0 Å². The number of carboxylic acids is 1. The molecule has 3 amide bonds. The number of nitrogens with one attached hydrogen (secondary N) is 2. The van der Waals surface area contributed by atoms with E-state index in [0.29, 0.717) is 24.5 Å². The van der Waals surface area contributed by atoms with Crippen molar-refractivity contribution < 1.29 is 29.0 Å². The maximum Gasteiger partial charge on any atom is 0.306 e. The first-order valence-electron chi connectivity index (χ1n) is 18.7. The molecule has 1 aromatic heterocycles. The molecule has 51 heavy (non-hydrogen) atoms. The normalized spacial score (nSPS) is 18.6. The van der Waals surface area contributed by atoms with E-state index in [1.165, 1.54) is 11.3 Å². The van der Waals surface area contributed by atoms with E-state index in [-0.39, 0.29) is 53.8 Å². The Balaban J connectivity index is 1.80. The molecule has 1 aliphatic heterocycles. The number of likely N-dealkylation sites (tertiary alicyclic amines) is 1. The van der Waals surface area contributed by atoms with E-state index < -0.39 is 30.1 Å². The van der Waals surface area contributed by atoms with Crippen molar-refractivity contribution in [3.63, 3.8) is 0 Å². The van der Waals surface area contributed by atoms with Crippen LogP contribution >= 0.6 is 11.3 Å². The molecule has 2 unspecified atom stereocenters. The maximum absolute atomic E-state index is 14.2. The summed E-state index contributed by atoms with van der Waals surface area (Å²) < 4.78 is 6.34. The van der Waals surface area contributed by atoms with Gasteiger partial charge in [-0.2, -0.15) is 0 Å². The summed E-state index contributed by atoms with van der Waals surface area (Å²) in [4.78, 5) is 61.4. The molecule has 7 atom stereocenters. The minimum absolute atomic E-state index is 0.0537. The van der Waals surface area contributed by atoms with E-state index in [4.69, 9.17) is 9.72 Å². The van der Waals surface area contributed by atoms with Crippen LogP contribution in [-0.4, -0.2) is 95.0 Å². The number of carbonyl (C=O) groups is 4. The van der Waals surface area contributed by atoms with Gasteiger partial charge in [0.25, 0.3) is 5.91 Å². The second kappa shape index (κ2) is 20.6. The number of thiazole rings is 1. The van der Waals surface area contributed by atoms with E-state index in [1.54, 1.807) is 17.2 Å². The van der Waals surface area contributed by atoms with Gasteiger partial charge in [0.15, 0.2) is 0 Å². The highest BCUT2D eigenvalue weighted by Gasteiger charge is 2.37. The number of carboxylic acid groups (broad SMARTS) is 1. The van der Waals surface area contributed by atoms with E-state index in [9.17, 15) is 24.3 Å². The van der Waals surface area contributed by atoms with Crippen molar-refractivity contribution in [2.45, 2.75) is 123 Å². The Bertz CT molecular complexity index is 1400. The van der Waals surface area contributed by atoms with E-state index in [0.717, 1.165) is 44.2 Å². The van der Waals surface area contributed by atoms with Gasteiger partial charge in [-0.3, -0.25) is 24.1 Å². The number of likely N-dealkylation sites (N-methyl/N-ethyl adjacent to an activating group) is 2. The Kier molecular flexibility index (Phi) is 17.0. The van der Waals surface area contributed by atoms with Crippen LogP contribution in [0, 0.1) is 17.8 Å². The lowest BCUT2D eigenvalue weighted by atomic mass is 9.92. The van der Waals surface area contributed by atoms with Gasteiger partial charge in [0, 0.05) is 37.5 Å². The van der Waals surface area contributed by atoms with Crippen LogP contribution < -0.4 is 10.6 Å². The first-order valence-corrected chi connectivity index (χ1v) is 19.6. The number of hydrogen-bond acceptors (Lipinski definition) is 8. The molecule has 1 aliphatic rings. The summed E-state index contributed by atoms with van der Waals surface area (Å²) >= 11 is 1.34. The van der Waals surface area contributed by atoms with Crippen LogP contribution in [0.15, 0.2) is 35.7 Å². The van der Waals surface area contributed by atoms with E-state index in [1.807, 2.05) is 65.2 Å². The van der Waals surface area contributed by atoms with Gasteiger partial charge in [0.2, 0.25) is 11.8 Å². The standard InChI is InChI=1S/C39H61N5O6S/c1-9-20-50-33(37-41-30(24-51-37)35(45)40-29(21-27(6)39(48)49)22-28-16-12-11-13-17-28)23-32(25(3)4)44(8)38(47)34(26(5)10-2)42-36(46)31-18-14-15-19-43(31)7/h11-13,16-17,24-27,29,31-34H,9-10,14-15,18-23H2,1-8H3,(H,40,45)(H,42,46)(H,48,49)/t26-,27?,29?,31+,32+,33+,34-/m0/s1. The molecule has 0 spiro atoms. The predicted octanol–water partition coefficient (Wildman–Crippen LogP) is 5.95. The Morgan fingerprint density at radius 1 is 1.06 bits per heavy atom. The first-order chi connectivity index (χ1) is 24.3. The number of ether oxygens (including phenoxy) is 1. The number of nitrogens with zero attached hydrogens (tertiary/aromatic N) is 3.